The van der Waals surface area contributed by atoms with Crippen LogP contribution in [0, 0.1) is 13.8 Å². The molecular formula is C27H39N3O5S. The topological polar surface area (TPSA) is 88.2 Å². The number of methoxy groups -OCH3 is 1. The zero-order valence-electron chi connectivity index (χ0n) is 22.0. The number of carbonyl (C=O) groups is 1. The average molecular weight is 518 g/mol. The van der Waals surface area contributed by atoms with E-state index in [1.54, 1.807) is 37.4 Å². The molecule has 1 amide bonds. The van der Waals surface area contributed by atoms with Gasteiger partial charge >= 0.3 is 0 Å². The van der Waals surface area contributed by atoms with E-state index in [1.165, 1.54) is 5.56 Å². The van der Waals surface area contributed by atoms with Gasteiger partial charge in [-0.2, -0.15) is 4.31 Å². The summed E-state index contributed by atoms with van der Waals surface area (Å²) in [6, 6.07) is 11.3. The van der Waals surface area contributed by atoms with Gasteiger partial charge in [-0.25, -0.2) is 8.42 Å². The number of nitrogens with zero attached hydrogens (tertiary/aromatic N) is 2. The van der Waals surface area contributed by atoms with Crippen molar-refractivity contribution in [3.8, 4) is 5.75 Å². The number of rotatable bonds is 11. The molecule has 1 N–H and O–H groups in total. The van der Waals surface area contributed by atoms with E-state index in [0.29, 0.717) is 41.3 Å². The zero-order chi connectivity index (χ0) is 26.3. The van der Waals surface area contributed by atoms with Crippen molar-refractivity contribution in [2.75, 3.05) is 41.0 Å². The number of amides is 1. The fourth-order valence-corrected chi connectivity index (χ4v) is 6.77. The highest BCUT2D eigenvalue weighted by Crippen LogP contribution is 2.31. The number of hydrogen-bond donors (Lipinski definition) is 1. The molecule has 1 fully saturated rings. The Kier molecular flexibility index (Phi) is 9.90. The number of benzene rings is 2. The Balaban J connectivity index is 1.55. The van der Waals surface area contributed by atoms with E-state index in [4.69, 9.17) is 9.47 Å². The quantitative estimate of drug-likeness (QED) is 0.492. The third-order valence-electron chi connectivity index (χ3n) is 6.36. The minimum Gasteiger partial charge on any atom is -0.497 e. The van der Waals surface area contributed by atoms with E-state index in [9.17, 15) is 13.2 Å². The van der Waals surface area contributed by atoms with Crippen LogP contribution in [-0.4, -0.2) is 70.5 Å². The van der Waals surface area contributed by atoms with Crippen molar-refractivity contribution in [2.45, 2.75) is 57.1 Å². The molecule has 0 aliphatic carbocycles. The van der Waals surface area contributed by atoms with Gasteiger partial charge in [0, 0.05) is 25.7 Å². The SMILES string of the molecule is COc1cc(C)c(S(=O)(=O)N2CCCCC2COCC(=O)NCc2ccc(CN(C)C)cc2)c(C)c1. The smallest absolute Gasteiger partial charge is 0.246 e. The lowest BCUT2D eigenvalue weighted by Crippen LogP contribution is -2.46. The maximum Gasteiger partial charge on any atom is 0.246 e. The monoisotopic (exact) mass is 517 g/mol. The Hall–Kier alpha value is -2.46. The molecule has 1 aliphatic rings. The number of sulfonamides is 1. The van der Waals surface area contributed by atoms with Crippen LogP contribution in [0.5, 0.6) is 5.75 Å². The first kappa shape index (κ1) is 28.1. The molecule has 0 saturated carbocycles. The Morgan fingerprint density at radius 1 is 1.08 bits per heavy atom. The van der Waals surface area contributed by atoms with Crippen LogP contribution in [0.15, 0.2) is 41.3 Å². The first-order chi connectivity index (χ1) is 17.1. The third kappa shape index (κ3) is 7.29. The molecule has 0 radical (unpaired) electrons. The molecule has 1 unspecified atom stereocenters. The first-order valence-electron chi connectivity index (χ1n) is 12.4. The summed E-state index contributed by atoms with van der Waals surface area (Å²) < 4.78 is 39.8. The Morgan fingerprint density at radius 2 is 1.72 bits per heavy atom. The molecule has 0 bridgehead atoms. The lowest BCUT2D eigenvalue weighted by atomic mass is 10.1. The number of piperidine rings is 1. The Labute approximate surface area is 215 Å². The van der Waals surface area contributed by atoms with E-state index < -0.39 is 10.0 Å². The molecular weight excluding hydrogens is 478 g/mol. The van der Waals surface area contributed by atoms with E-state index in [-0.39, 0.29) is 25.2 Å². The highest BCUT2D eigenvalue weighted by atomic mass is 32.2. The van der Waals surface area contributed by atoms with Crippen molar-refractivity contribution in [3.05, 3.63) is 58.7 Å². The zero-order valence-corrected chi connectivity index (χ0v) is 22.9. The summed E-state index contributed by atoms with van der Waals surface area (Å²) in [4.78, 5) is 14.8. The summed E-state index contributed by atoms with van der Waals surface area (Å²) in [5, 5.41) is 2.87. The van der Waals surface area contributed by atoms with Crippen molar-refractivity contribution in [3.63, 3.8) is 0 Å². The number of carbonyl (C=O) groups excluding carboxylic acids is 1. The fourth-order valence-electron chi connectivity index (χ4n) is 4.68. The van der Waals surface area contributed by atoms with Crippen molar-refractivity contribution in [1.29, 1.82) is 0 Å². The minimum absolute atomic E-state index is 0.107. The number of hydrogen-bond acceptors (Lipinski definition) is 6. The largest absolute Gasteiger partial charge is 0.497 e. The van der Waals surface area contributed by atoms with Gasteiger partial charge < -0.3 is 19.7 Å². The van der Waals surface area contributed by atoms with Gasteiger partial charge in [0.15, 0.2) is 0 Å². The van der Waals surface area contributed by atoms with Crippen LogP contribution in [0.3, 0.4) is 0 Å². The second kappa shape index (κ2) is 12.7. The highest BCUT2D eigenvalue weighted by Gasteiger charge is 2.35. The van der Waals surface area contributed by atoms with Crippen LogP contribution in [-0.2, 0) is 32.6 Å². The Morgan fingerprint density at radius 3 is 2.33 bits per heavy atom. The van der Waals surface area contributed by atoms with Gasteiger partial charge in [0.05, 0.1) is 18.6 Å². The van der Waals surface area contributed by atoms with Crippen LogP contribution < -0.4 is 10.1 Å². The summed E-state index contributed by atoms with van der Waals surface area (Å²) in [7, 11) is 1.91. The van der Waals surface area contributed by atoms with Gasteiger partial charge in [0.2, 0.25) is 15.9 Å². The molecule has 8 nitrogen and oxygen atoms in total. The van der Waals surface area contributed by atoms with Gasteiger partial charge in [0.25, 0.3) is 0 Å². The minimum atomic E-state index is -3.71. The molecule has 36 heavy (non-hydrogen) atoms. The van der Waals surface area contributed by atoms with E-state index in [1.807, 2.05) is 26.2 Å². The van der Waals surface area contributed by atoms with Crippen LogP contribution in [0.25, 0.3) is 0 Å². The van der Waals surface area contributed by atoms with Crippen molar-refractivity contribution >= 4 is 15.9 Å². The van der Waals surface area contributed by atoms with Crippen molar-refractivity contribution < 1.29 is 22.7 Å². The molecule has 2 aromatic carbocycles. The molecule has 1 aliphatic heterocycles. The molecule has 0 spiro atoms. The summed E-state index contributed by atoms with van der Waals surface area (Å²) in [5.41, 5.74) is 3.54. The van der Waals surface area contributed by atoms with Crippen LogP contribution in [0.1, 0.15) is 41.5 Å². The number of nitrogens with one attached hydrogen (secondary N) is 1. The summed E-state index contributed by atoms with van der Waals surface area (Å²) in [5.74, 6) is 0.414. The summed E-state index contributed by atoms with van der Waals surface area (Å²) in [6.07, 6.45) is 2.43. The fraction of sp³-hybridized carbons (Fsp3) is 0.519. The molecule has 1 heterocycles. The van der Waals surface area contributed by atoms with E-state index in [2.05, 4.69) is 22.3 Å². The maximum absolute atomic E-state index is 13.6. The molecule has 1 atom stereocenters. The van der Waals surface area contributed by atoms with Crippen LogP contribution in [0.2, 0.25) is 0 Å². The lowest BCUT2D eigenvalue weighted by Gasteiger charge is -2.35. The second-order valence-corrected chi connectivity index (χ2v) is 11.5. The number of ether oxygens (including phenoxy) is 2. The normalized spacial score (nSPS) is 16.8. The summed E-state index contributed by atoms with van der Waals surface area (Å²) in [6.45, 7) is 5.38. The average Bonchev–Trinajstić information content (AvgIpc) is 2.83. The predicted molar refractivity (Wildman–Crippen MR) is 140 cm³/mol. The molecule has 9 heteroatoms. The van der Waals surface area contributed by atoms with E-state index >= 15 is 0 Å². The van der Waals surface area contributed by atoms with Gasteiger partial charge in [-0.15, -0.1) is 0 Å². The molecule has 0 aromatic heterocycles. The highest BCUT2D eigenvalue weighted by molar-refractivity contribution is 7.89. The Bertz CT molecular complexity index is 1110. The summed E-state index contributed by atoms with van der Waals surface area (Å²) >= 11 is 0. The van der Waals surface area contributed by atoms with Gasteiger partial charge in [-0.1, -0.05) is 30.7 Å². The van der Waals surface area contributed by atoms with Gasteiger partial charge in [-0.05, 0) is 75.2 Å². The maximum atomic E-state index is 13.6. The van der Waals surface area contributed by atoms with Crippen molar-refractivity contribution in [2.24, 2.45) is 0 Å². The molecule has 1 saturated heterocycles. The standard InChI is InChI=1S/C27H39N3O5S/c1-20-14-25(34-5)15-21(2)27(20)36(32,33)30-13-7-6-8-24(30)18-35-19-26(31)28-16-22-9-11-23(12-10-22)17-29(3)4/h9-12,14-15,24H,6-8,13,16-19H2,1-5H3,(H,28,31). The first-order valence-corrected chi connectivity index (χ1v) is 13.8. The van der Waals surface area contributed by atoms with E-state index in [0.717, 1.165) is 24.9 Å². The van der Waals surface area contributed by atoms with Gasteiger partial charge in [-0.3, -0.25) is 4.79 Å². The van der Waals surface area contributed by atoms with Gasteiger partial charge in [0.1, 0.15) is 12.4 Å². The number of aryl methyl sites for hydroxylation is 2. The second-order valence-electron chi connectivity index (χ2n) is 9.70. The lowest BCUT2D eigenvalue weighted by molar-refractivity contribution is -0.126. The molecule has 2 aromatic rings. The van der Waals surface area contributed by atoms with Crippen LogP contribution in [0.4, 0.5) is 0 Å². The van der Waals surface area contributed by atoms with Crippen molar-refractivity contribution in [1.82, 2.24) is 14.5 Å². The molecule has 3 rings (SSSR count). The molecule has 198 valence electrons. The predicted octanol–water partition coefficient (Wildman–Crippen LogP) is 3.25. The van der Waals surface area contributed by atoms with Crippen LogP contribution >= 0.6 is 0 Å². The third-order valence-corrected chi connectivity index (χ3v) is 8.62.